The van der Waals surface area contributed by atoms with E-state index in [2.05, 4.69) is 42.2 Å². The Bertz CT molecular complexity index is 911. The molecule has 0 saturated carbocycles. The molecular weight excluding hydrogens is 484 g/mol. The van der Waals surface area contributed by atoms with Gasteiger partial charge in [0.2, 0.25) is 0 Å². The zero-order valence-corrected chi connectivity index (χ0v) is 17.6. The number of benzene rings is 2. The maximum absolute atomic E-state index is 12.2. The summed E-state index contributed by atoms with van der Waals surface area (Å²) >= 11 is 7.88. The third-order valence-electron chi connectivity index (χ3n) is 3.37. The van der Waals surface area contributed by atoms with Crippen LogP contribution in [0.25, 0.3) is 6.08 Å². The summed E-state index contributed by atoms with van der Waals surface area (Å²) in [6.45, 7) is 2.53. The molecule has 1 aliphatic rings. The van der Waals surface area contributed by atoms with Crippen molar-refractivity contribution >= 4 is 66.5 Å². The van der Waals surface area contributed by atoms with E-state index in [4.69, 9.17) is 4.74 Å². The Morgan fingerprint density at radius 2 is 2.00 bits per heavy atom. The van der Waals surface area contributed by atoms with E-state index in [1.807, 2.05) is 31.2 Å². The summed E-state index contributed by atoms with van der Waals surface area (Å²) in [5.41, 5.74) is 1.25. The molecule has 0 bridgehead atoms. The molecule has 1 fully saturated rings. The van der Waals surface area contributed by atoms with Crippen LogP contribution in [0.1, 0.15) is 12.5 Å². The molecule has 0 aliphatic carbocycles. The molecule has 0 aromatic heterocycles. The van der Waals surface area contributed by atoms with Crippen molar-refractivity contribution in [1.29, 1.82) is 0 Å². The van der Waals surface area contributed by atoms with Crippen LogP contribution >= 0.6 is 43.6 Å². The monoisotopic (exact) mass is 496 g/mol. The van der Waals surface area contributed by atoms with Crippen LogP contribution in [0.5, 0.6) is 11.5 Å². The van der Waals surface area contributed by atoms with Crippen LogP contribution in [-0.2, 0) is 4.79 Å². The number of aromatic hydroxyl groups is 1. The first-order chi connectivity index (χ1) is 12.5. The first-order valence-corrected chi connectivity index (χ1v) is 10.1. The summed E-state index contributed by atoms with van der Waals surface area (Å²) < 4.78 is 6.74. The normalized spacial score (nSPS) is 17.0. The molecule has 1 aliphatic heterocycles. The zero-order valence-electron chi connectivity index (χ0n) is 13.6. The summed E-state index contributed by atoms with van der Waals surface area (Å²) in [6, 6.07) is 10.8. The Hall–Kier alpha value is -1.77. The number of nitrogens with one attached hydrogen (secondary N) is 1. The Kier molecular flexibility index (Phi) is 6.05. The third kappa shape index (κ3) is 4.49. The number of hydrogen-bond acceptors (Lipinski definition) is 5. The summed E-state index contributed by atoms with van der Waals surface area (Å²) in [4.78, 5) is 17.1. The van der Waals surface area contributed by atoms with Crippen LogP contribution in [-0.4, -0.2) is 22.8 Å². The molecule has 2 aromatic carbocycles. The van der Waals surface area contributed by atoms with Crippen LogP contribution in [0.15, 0.2) is 55.2 Å². The lowest BCUT2D eigenvalue weighted by atomic mass is 10.2. The van der Waals surface area contributed by atoms with E-state index in [0.29, 0.717) is 32.4 Å². The molecule has 3 rings (SSSR count). The summed E-state index contributed by atoms with van der Waals surface area (Å²) in [5, 5.41) is 13.4. The fraction of sp³-hybridized carbons (Fsp3) is 0.111. The van der Waals surface area contributed by atoms with Gasteiger partial charge in [0.1, 0.15) is 11.5 Å². The van der Waals surface area contributed by atoms with Crippen LogP contribution < -0.4 is 10.1 Å². The van der Waals surface area contributed by atoms with Crippen LogP contribution in [0, 0.1) is 0 Å². The number of nitrogens with zero attached hydrogens (tertiary/aromatic N) is 1. The van der Waals surface area contributed by atoms with Crippen molar-refractivity contribution in [2.24, 2.45) is 4.99 Å². The van der Waals surface area contributed by atoms with Gasteiger partial charge >= 0.3 is 0 Å². The Morgan fingerprint density at radius 1 is 1.27 bits per heavy atom. The molecule has 0 unspecified atom stereocenters. The number of hydrogen-bond donors (Lipinski definition) is 2. The highest BCUT2D eigenvalue weighted by Gasteiger charge is 2.24. The van der Waals surface area contributed by atoms with Crippen LogP contribution in [0.2, 0.25) is 0 Å². The van der Waals surface area contributed by atoms with Crippen molar-refractivity contribution in [3.05, 3.63) is 55.8 Å². The average Bonchev–Trinajstić information content (AvgIpc) is 2.93. The second-order valence-corrected chi connectivity index (χ2v) is 8.03. The zero-order chi connectivity index (χ0) is 18.7. The van der Waals surface area contributed by atoms with Gasteiger partial charge in [-0.25, -0.2) is 4.99 Å². The Morgan fingerprint density at radius 3 is 2.69 bits per heavy atom. The van der Waals surface area contributed by atoms with Gasteiger partial charge in [-0.15, -0.1) is 0 Å². The smallest absolute Gasteiger partial charge is 0.264 e. The highest BCUT2D eigenvalue weighted by molar-refractivity contribution is 9.11. The van der Waals surface area contributed by atoms with Crippen molar-refractivity contribution < 1.29 is 14.6 Å². The van der Waals surface area contributed by atoms with E-state index in [-0.39, 0.29) is 11.7 Å². The van der Waals surface area contributed by atoms with Gasteiger partial charge in [-0.1, -0.05) is 15.9 Å². The number of phenols is 1. The fourth-order valence-corrected chi connectivity index (χ4v) is 4.31. The predicted octanol–water partition coefficient (Wildman–Crippen LogP) is 5.21. The topological polar surface area (TPSA) is 70.9 Å². The van der Waals surface area contributed by atoms with E-state index < -0.39 is 0 Å². The van der Waals surface area contributed by atoms with Crippen molar-refractivity contribution in [3.63, 3.8) is 0 Å². The molecule has 1 heterocycles. The number of phenolic OH excluding ortho intramolecular Hbond substituents is 1. The predicted molar refractivity (Wildman–Crippen MR) is 112 cm³/mol. The van der Waals surface area contributed by atoms with Crippen LogP contribution in [0.4, 0.5) is 5.69 Å². The lowest BCUT2D eigenvalue weighted by Gasteiger charge is -2.03. The second kappa shape index (κ2) is 8.28. The summed E-state index contributed by atoms with van der Waals surface area (Å²) in [7, 11) is 0. The number of rotatable bonds is 4. The highest BCUT2D eigenvalue weighted by atomic mass is 79.9. The van der Waals surface area contributed by atoms with Crippen molar-refractivity contribution in [2.45, 2.75) is 6.92 Å². The van der Waals surface area contributed by atoms with Gasteiger partial charge in [0, 0.05) is 10.0 Å². The molecule has 2 aromatic rings. The minimum absolute atomic E-state index is 0.0750. The van der Waals surface area contributed by atoms with E-state index in [1.165, 1.54) is 11.8 Å². The van der Waals surface area contributed by atoms with Gasteiger partial charge in [0.15, 0.2) is 5.17 Å². The highest BCUT2D eigenvalue weighted by Crippen LogP contribution is 2.36. The van der Waals surface area contributed by atoms with E-state index in [9.17, 15) is 9.90 Å². The third-order valence-corrected chi connectivity index (χ3v) is 5.35. The average molecular weight is 498 g/mol. The number of ether oxygens (including phenoxy) is 1. The largest absolute Gasteiger partial charge is 0.506 e. The van der Waals surface area contributed by atoms with Crippen molar-refractivity contribution in [3.8, 4) is 11.5 Å². The number of halogens is 2. The Labute approximate surface area is 171 Å². The first kappa shape index (κ1) is 19.0. The van der Waals surface area contributed by atoms with Gasteiger partial charge in [-0.05, 0) is 77.1 Å². The molecule has 26 heavy (non-hydrogen) atoms. The second-order valence-electron chi connectivity index (χ2n) is 5.23. The van der Waals surface area contributed by atoms with Gasteiger partial charge in [-0.3, -0.25) is 4.79 Å². The number of aliphatic imine (C=N–C) groups is 1. The number of carbonyl (C=O) groups is 1. The number of amidine groups is 1. The molecular formula is C18H14Br2N2O3S. The summed E-state index contributed by atoms with van der Waals surface area (Å²) in [6.07, 6.45) is 1.63. The molecule has 1 amide bonds. The molecule has 2 N–H and O–H groups in total. The Balaban J connectivity index is 1.82. The van der Waals surface area contributed by atoms with E-state index >= 15 is 0 Å². The van der Waals surface area contributed by atoms with Gasteiger partial charge < -0.3 is 15.2 Å². The molecule has 1 saturated heterocycles. The maximum atomic E-state index is 12.2. The molecule has 8 heteroatoms. The standard InChI is InChI=1S/C18H14Br2N2O3S/c1-2-25-13-5-3-12(4-6-13)21-18-22-17(24)15(26-18)8-10-7-11(19)9-14(20)16(10)23/h3-9,23H,2H2,1H3,(H,21,22,24). The van der Waals surface area contributed by atoms with Crippen molar-refractivity contribution in [1.82, 2.24) is 5.32 Å². The lowest BCUT2D eigenvalue weighted by Crippen LogP contribution is -2.19. The number of carbonyl (C=O) groups excluding carboxylic acids is 1. The van der Waals surface area contributed by atoms with E-state index in [1.54, 1.807) is 18.2 Å². The van der Waals surface area contributed by atoms with Crippen LogP contribution in [0.3, 0.4) is 0 Å². The first-order valence-electron chi connectivity index (χ1n) is 7.66. The molecule has 134 valence electrons. The quantitative estimate of drug-likeness (QED) is 0.569. The fourth-order valence-electron chi connectivity index (χ4n) is 2.22. The molecule has 5 nitrogen and oxygen atoms in total. The SMILES string of the molecule is CCOc1ccc(N=C2NC(=O)C(=Cc3cc(Br)cc(Br)c3O)S2)cc1. The van der Waals surface area contributed by atoms with E-state index in [0.717, 1.165) is 10.2 Å². The number of thioether (sulfide) groups is 1. The van der Waals surface area contributed by atoms with Gasteiger partial charge in [0.05, 0.1) is 21.7 Å². The van der Waals surface area contributed by atoms with Gasteiger partial charge in [-0.2, -0.15) is 0 Å². The lowest BCUT2D eigenvalue weighted by molar-refractivity contribution is -0.115. The molecule has 0 atom stereocenters. The number of amides is 1. The van der Waals surface area contributed by atoms with Gasteiger partial charge in [0.25, 0.3) is 5.91 Å². The minimum atomic E-state index is -0.254. The van der Waals surface area contributed by atoms with Crippen molar-refractivity contribution in [2.75, 3.05) is 6.61 Å². The maximum Gasteiger partial charge on any atom is 0.264 e. The molecule has 0 radical (unpaired) electrons. The summed E-state index contributed by atoms with van der Waals surface area (Å²) in [5.74, 6) is 0.594. The minimum Gasteiger partial charge on any atom is -0.506 e. The molecule has 0 spiro atoms.